The highest BCUT2D eigenvalue weighted by Crippen LogP contribution is 2.20. The maximum absolute atomic E-state index is 11.5. The lowest BCUT2D eigenvalue weighted by Gasteiger charge is -2.10. The molecule has 0 spiro atoms. The van der Waals surface area contributed by atoms with Crippen LogP contribution in [0.3, 0.4) is 0 Å². The minimum atomic E-state index is -0.533. The molecule has 5 heteroatoms. The van der Waals surface area contributed by atoms with Crippen LogP contribution in [0.15, 0.2) is 18.2 Å². The van der Waals surface area contributed by atoms with Crippen molar-refractivity contribution in [2.75, 3.05) is 12.4 Å². The number of halogens is 1. The van der Waals surface area contributed by atoms with Crippen LogP contribution in [0.25, 0.3) is 0 Å². The topological polar surface area (TPSA) is 62.1 Å². The zero-order chi connectivity index (χ0) is 12.1. The molecule has 0 aliphatic carbocycles. The van der Waals surface area contributed by atoms with E-state index >= 15 is 0 Å². The van der Waals surface area contributed by atoms with Gasteiger partial charge in [0.2, 0.25) is 0 Å². The number of nitriles is 1. The third kappa shape index (κ3) is 2.96. The third-order valence-electron chi connectivity index (χ3n) is 2.08. The summed E-state index contributed by atoms with van der Waals surface area (Å²) in [6.45, 7) is 1.64. The molecule has 1 rings (SSSR count). The summed E-state index contributed by atoms with van der Waals surface area (Å²) in [7, 11) is 1.45. The molecule has 0 aliphatic heterocycles. The first-order chi connectivity index (χ1) is 7.58. The van der Waals surface area contributed by atoms with Gasteiger partial charge in [-0.2, -0.15) is 5.26 Å². The molecule has 0 radical (unpaired) electrons. The van der Waals surface area contributed by atoms with Crippen LogP contribution in [0, 0.1) is 11.3 Å². The summed E-state index contributed by atoms with van der Waals surface area (Å²) in [5.41, 5.74) is 0.914. The van der Waals surface area contributed by atoms with Gasteiger partial charge in [0.1, 0.15) is 12.2 Å². The highest BCUT2D eigenvalue weighted by Gasteiger charge is 2.12. The summed E-state index contributed by atoms with van der Waals surface area (Å²) >= 11 is 5.82. The van der Waals surface area contributed by atoms with E-state index in [1.165, 1.54) is 13.2 Å². The lowest BCUT2D eigenvalue weighted by Crippen LogP contribution is -2.26. The number of hydrogen-bond acceptors (Lipinski definition) is 3. The van der Waals surface area contributed by atoms with Gasteiger partial charge in [0.25, 0.3) is 5.91 Å². The average Bonchev–Trinajstić information content (AvgIpc) is 2.28. The average molecular weight is 239 g/mol. The van der Waals surface area contributed by atoms with E-state index in [4.69, 9.17) is 21.6 Å². The van der Waals surface area contributed by atoms with Crippen molar-refractivity contribution in [3.63, 3.8) is 0 Å². The monoisotopic (exact) mass is 238 g/mol. The predicted octanol–water partition coefficient (Wildman–Crippen LogP) is 2.19. The fraction of sp³-hybridized carbons (Fsp3) is 0.273. The molecule has 0 bridgehead atoms. The van der Waals surface area contributed by atoms with E-state index < -0.39 is 6.10 Å². The Bertz CT molecular complexity index is 440. The van der Waals surface area contributed by atoms with E-state index in [0.29, 0.717) is 16.3 Å². The van der Waals surface area contributed by atoms with Gasteiger partial charge in [-0.15, -0.1) is 0 Å². The number of amides is 1. The largest absolute Gasteiger partial charge is 0.372 e. The van der Waals surface area contributed by atoms with Gasteiger partial charge in [-0.25, -0.2) is 0 Å². The second kappa shape index (κ2) is 5.50. The smallest absolute Gasteiger partial charge is 0.253 e. The lowest BCUT2D eigenvalue weighted by molar-refractivity contribution is -0.124. The number of hydrogen-bond donors (Lipinski definition) is 1. The molecule has 1 atom stereocenters. The van der Waals surface area contributed by atoms with Crippen molar-refractivity contribution >= 4 is 23.2 Å². The van der Waals surface area contributed by atoms with E-state index in [2.05, 4.69) is 5.32 Å². The normalized spacial score (nSPS) is 11.6. The molecule has 0 saturated carbocycles. The number of rotatable bonds is 3. The summed E-state index contributed by atoms with van der Waals surface area (Å²) in [4.78, 5) is 11.5. The zero-order valence-electron chi connectivity index (χ0n) is 8.95. The Labute approximate surface area is 98.8 Å². The number of methoxy groups -OCH3 is 1. The number of ether oxygens (including phenoxy) is 1. The number of nitrogens with one attached hydrogen (secondary N) is 1. The lowest BCUT2D eigenvalue weighted by atomic mass is 10.2. The molecular weight excluding hydrogens is 228 g/mol. The molecule has 0 heterocycles. The van der Waals surface area contributed by atoms with Crippen LogP contribution in [0.2, 0.25) is 5.02 Å². The quantitative estimate of drug-likeness (QED) is 0.878. The molecule has 1 aromatic rings. The second-order valence-electron chi connectivity index (χ2n) is 3.17. The van der Waals surface area contributed by atoms with Crippen LogP contribution < -0.4 is 5.32 Å². The first-order valence-corrected chi connectivity index (χ1v) is 4.99. The Kier molecular flexibility index (Phi) is 4.29. The van der Waals surface area contributed by atoms with Crippen molar-refractivity contribution < 1.29 is 9.53 Å². The molecule has 0 fully saturated rings. The first-order valence-electron chi connectivity index (χ1n) is 4.61. The third-order valence-corrected chi connectivity index (χ3v) is 2.39. The van der Waals surface area contributed by atoms with Gasteiger partial charge in [0.15, 0.2) is 0 Å². The van der Waals surface area contributed by atoms with E-state index in [9.17, 15) is 4.79 Å². The maximum atomic E-state index is 11.5. The Morgan fingerprint density at radius 3 is 2.81 bits per heavy atom. The molecule has 1 amide bonds. The van der Waals surface area contributed by atoms with Crippen LogP contribution in [-0.4, -0.2) is 19.1 Å². The second-order valence-corrected chi connectivity index (χ2v) is 3.58. The van der Waals surface area contributed by atoms with Crippen LogP contribution in [0.4, 0.5) is 5.69 Å². The van der Waals surface area contributed by atoms with Crippen LogP contribution in [0.1, 0.15) is 12.5 Å². The van der Waals surface area contributed by atoms with Crippen LogP contribution in [-0.2, 0) is 9.53 Å². The van der Waals surface area contributed by atoms with Gasteiger partial charge in [-0.3, -0.25) is 4.79 Å². The van der Waals surface area contributed by atoms with E-state index in [-0.39, 0.29) is 5.91 Å². The van der Waals surface area contributed by atoms with Crippen molar-refractivity contribution in [3.05, 3.63) is 28.8 Å². The highest BCUT2D eigenvalue weighted by molar-refractivity contribution is 6.32. The fourth-order valence-electron chi connectivity index (χ4n) is 1.03. The zero-order valence-corrected chi connectivity index (χ0v) is 9.71. The summed E-state index contributed by atoms with van der Waals surface area (Å²) in [5.74, 6) is -0.261. The number of anilines is 1. The van der Waals surface area contributed by atoms with Gasteiger partial charge >= 0.3 is 0 Å². The summed E-state index contributed by atoms with van der Waals surface area (Å²) in [6, 6.07) is 6.64. The SMILES string of the molecule is COC(C)C(=O)Nc1ccc(C#N)c(Cl)c1. The Morgan fingerprint density at radius 2 is 2.31 bits per heavy atom. The molecular formula is C11H11ClN2O2. The van der Waals surface area contributed by atoms with Gasteiger partial charge in [-0.05, 0) is 25.1 Å². The van der Waals surface area contributed by atoms with Gasteiger partial charge in [0.05, 0.1) is 10.6 Å². The number of carbonyl (C=O) groups is 1. The van der Waals surface area contributed by atoms with Crippen molar-refractivity contribution in [3.8, 4) is 6.07 Å². The molecule has 16 heavy (non-hydrogen) atoms. The van der Waals surface area contributed by atoms with Gasteiger partial charge in [-0.1, -0.05) is 11.6 Å². The predicted molar refractivity (Wildman–Crippen MR) is 61.3 cm³/mol. The molecule has 1 aromatic carbocycles. The maximum Gasteiger partial charge on any atom is 0.253 e. The summed E-state index contributed by atoms with van der Waals surface area (Å²) in [5, 5.41) is 11.6. The summed E-state index contributed by atoms with van der Waals surface area (Å²) < 4.78 is 4.86. The molecule has 0 aromatic heterocycles. The number of carbonyl (C=O) groups excluding carboxylic acids is 1. The molecule has 4 nitrogen and oxygen atoms in total. The van der Waals surface area contributed by atoms with E-state index in [0.717, 1.165) is 0 Å². The van der Waals surface area contributed by atoms with Crippen LogP contribution >= 0.6 is 11.6 Å². The van der Waals surface area contributed by atoms with Crippen molar-refractivity contribution in [2.24, 2.45) is 0 Å². The number of nitrogens with zero attached hydrogens (tertiary/aromatic N) is 1. The minimum absolute atomic E-state index is 0.261. The molecule has 1 N–H and O–H groups in total. The van der Waals surface area contributed by atoms with Crippen molar-refractivity contribution in [2.45, 2.75) is 13.0 Å². The number of benzene rings is 1. The molecule has 0 aliphatic rings. The minimum Gasteiger partial charge on any atom is -0.372 e. The summed E-state index contributed by atoms with van der Waals surface area (Å²) in [6.07, 6.45) is -0.533. The van der Waals surface area contributed by atoms with Crippen LogP contribution in [0.5, 0.6) is 0 Å². The molecule has 84 valence electrons. The Hall–Kier alpha value is -1.57. The van der Waals surface area contributed by atoms with Gasteiger partial charge in [0, 0.05) is 12.8 Å². The first kappa shape index (κ1) is 12.5. The Balaban J connectivity index is 2.80. The van der Waals surface area contributed by atoms with Gasteiger partial charge < -0.3 is 10.1 Å². The molecule has 0 saturated heterocycles. The Morgan fingerprint density at radius 1 is 1.62 bits per heavy atom. The molecule has 1 unspecified atom stereocenters. The van der Waals surface area contributed by atoms with E-state index in [1.54, 1.807) is 19.1 Å². The fourth-order valence-corrected chi connectivity index (χ4v) is 1.26. The van der Waals surface area contributed by atoms with E-state index in [1.807, 2.05) is 6.07 Å². The standard InChI is InChI=1S/C11H11ClN2O2/c1-7(16-2)11(15)14-9-4-3-8(6-13)10(12)5-9/h3-5,7H,1-2H3,(H,14,15). The highest BCUT2D eigenvalue weighted by atomic mass is 35.5. The van der Waals surface area contributed by atoms with Crippen molar-refractivity contribution in [1.82, 2.24) is 0 Å². The van der Waals surface area contributed by atoms with Crippen molar-refractivity contribution in [1.29, 1.82) is 5.26 Å².